The molecule has 84 valence electrons. The first kappa shape index (κ1) is 12.3. The second kappa shape index (κ2) is 6.70. The third-order valence-corrected chi connectivity index (χ3v) is 3.88. The van der Waals surface area contributed by atoms with Gasteiger partial charge in [-0.3, -0.25) is 4.90 Å². The summed E-state index contributed by atoms with van der Waals surface area (Å²) >= 11 is 1.98. The van der Waals surface area contributed by atoms with E-state index in [0.29, 0.717) is 0 Å². The van der Waals surface area contributed by atoms with Gasteiger partial charge in [0.2, 0.25) is 0 Å². The van der Waals surface area contributed by atoms with Gasteiger partial charge in [-0.25, -0.2) is 0 Å². The molecule has 0 amide bonds. The van der Waals surface area contributed by atoms with Crippen LogP contribution in [-0.2, 0) is 0 Å². The van der Waals surface area contributed by atoms with E-state index in [0.717, 1.165) is 12.1 Å². The maximum absolute atomic E-state index is 3.49. The number of hydrogen-bond donors (Lipinski definition) is 1. The minimum absolute atomic E-state index is 0.765. The Hall–Kier alpha value is 0.270. The van der Waals surface area contributed by atoms with Gasteiger partial charge in [0.25, 0.3) is 0 Å². The third kappa shape index (κ3) is 3.14. The average molecular weight is 216 g/mol. The van der Waals surface area contributed by atoms with Crippen LogP contribution in [0.1, 0.15) is 26.7 Å². The molecule has 1 aliphatic rings. The zero-order valence-corrected chi connectivity index (χ0v) is 10.6. The zero-order valence-electron chi connectivity index (χ0n) is 9.75. The van der Waals surface area contributed by atoms with Crippen molar-refractivity contribution in [3.05, 3.63) is 0 Å². The number of nitrogens with one attached hydrogen (secondary N) is 1. The van der Waals surface area contributed by atoms with E-state index in [-0.39, 0.29) is 0 Å². The summed E-state index contributed by atoms with van der Waals surface area (Å²) < 4.78 is 0. The Morgan fingerprint density at radius 1 is 1.50 bits per heavy atom. The number of rotatable bonds is 5. The zero-order chi connectivity index (χ0) is 10.4. The summed E-state index contributed by atoms with van der Waals surface area (Å²) in [6, 6.07) is 1.55. The van der Waals surface area contributed by atoms with E-state index in [4.69, 9.17) is 0 Å². The summed E-state index contributed by atoms with van der Waals surface area (Å²) in [5.41, 5.74) is 0. The molecule has 2 unspecified atom stereocenters. The fourth-order valence-corrected chi connectivity index (χ4v) is 3.09. The molecule has 1 aliphatic heterocycles. The van der Waals surface area contributed by atoms with Crippen LogP contribution in [0.2, 0.25) is 0 Å². The Balaban J connectivity index is 2.51. The van der Waals surface area contributed by atoms with Gasteiger partial charge in [0.1, 0.15) is 0 Å². The van der Waals surface area contributed by atoms with Crippen LogP contribution in [0.25, 0.3) is 0 Å². The molecular weight excluding hydrogens is 192 g/mol. The standard InChI is InChI=1S/C11H24N2S/c1-4-10-8-12-6-7-13(10)11(5-2)9-14-3/h10-12H,4-9H2,1-3H3. The predicted octanol–water partition coefficient (Wildman–Crippen LogP) is 1.81. The van der Waals surface area contributed by atoms with Crippen molar-refractivity contribution in [2.75, 3.05) is 31.6 Å². The summed E-state index contributed by atoms with van der Waals surface area (Å²) in [6.07, 6.45) is 4.78. The smallest absolute Gasteiger partial charge is 0.0221 e. The van der Waals surface area contributed by atoms with Crippen molar-refractivity contribution in [1.29, 1.82) is 0 Å². The highest BCUT2D eigenvalue weighted by Gasteiger charge is 2.25. The van der Waals surface area contributed by atoms with Gasteiger partial charge >= 0.3 is 0 Å². The lowest BCUT2D eigenvalue weighted by Crippen LogP contribution is -2.55. The lowest BCUT2D eigenvalue weighted by Gasteiger charge is -2.41. The topological polar surface area (TPSA) is 15.3 Å². The van der Waals surface area contributed by atoms with Crippen LogP contribution in [0.4, 0.5) is 0 Å². The highest BCUT2D eigenvalue weighted by molar-refractivity contribution is 7.98. The third-order valence-electron chi connectivity index (χ3n) is 3.17. The molecule has 0 bridgehead atoms. The Labute approximate surface area is 92.8 Å². The van der Waals surface area contributed by atoms with Crippen molar-refractivity contribution >= 4 is 11.8 Å². The van der Waals surface area contributed by atoms with Crippen LogP contribution in [0, 0.1) is 0 Å². The minimum Gasteiger partial charge on any atom is -0.314 e. The van der Waals surface area contributed by atoms with Crippen LogP contribution in [-0.4, -0.2) is 48.6 Å². The van der Waals surface area contributed by atoms with Crippen LogP contribution in [0.3, 0.4) is 0 Å². The van der Waals surface area contributed by atoms with E-state index in [1.807, 2.05) is 11.8 Å². The van der Waals surface area contributed by atoms with Crippen LogP contribution >= 0.6 is 11.8 Å². The maximum Gasteiger partial charge on any atom is 0.0221 e. The van der Waals surface area contributed by atoms with Gasteiger partial charge in [-0.1, -0.05) is 13.8 Å². The second-order valence-corrected chi connectivity index (χ2v) is 4.93. The lowest BCUT2D eigenvalue weighted by molar-refractivity contribution is 0.112. The SMILES string of the molecule is CCC1CNCCN1C(CC)CSC. The molecule has 1 rings (SSSR count). The van der Waals surface area contributed by atoms with Gasteiger partial charge in [0.05, 0.1) is 0 Å². The summed E-state index contributed by atoms with van der Waals surface area (Å²) in [6.45, 7) is 8.20. The molecule has 14 heavy (non-hydrogen) atoms. The van der Waals surface area contributed by atoms with Crippen molar-refractivity contribution in [2.45, 2.75) is 38.8 Å². The first-order valence-corrected chi connectivity index (χ1v) is 7.18. The molecule has 0 saturated carbocycles. The van der Waals surface area contributed by atoms with E-state index in [9.17, 15) is 0 Å². The van der Waals surface area contributed by atoms with Crippen LogP contribution in [0.15, 0.2) is 0 Å². The molecule has 3 heteroatoms. The molecule has 1 N–H and O–H groups in total. The van der Waals surface area contributed by atoms with Gasteiger partial charge in [0.15, 0.2) is 0 Å². The van der Waals surface area contributed by atoms with Crippen molar-refractivity contribution in [2.24, 2.45) is 0 Å². The maximum atomic E-state index is 3.49. The van der Waals surface area contributed by atoms with Gasteiger partial charge < -0.3 is 5.32 Å². The number of nitrogens with zero attached hydrogens (tertiary/aromatic N) is 1. The largest absolute Gasteiger partial charge is 0.314 e. The Morgan fingerprint density at radius 3 is 2.86 bits per heavy atom. The molecule has 0 aromatic heterocycles. The normalized spacial score (nSPS) is 26.4. The van der Waals surface area contributed by atoms with Crippen molar-refractivity contribution in [3.8, 4) is 0 Å². The second-order valence-electron chi connectivity index (χ2n) is 4.02. The van der Waals surface area contributed by atoms with Crippen LogP contribution < -0.4 is 5.32 Å². The van der Waals surface area contributed by atoms with E-state index >= 15 is 0 Å². The molecule has 0 aliphatic carbocycles. The van der Waals surface area contributed by atoms with E-state index < -0.39 is 0 Å². The van der Waals surface area contributed by atoms with Crippen LogP contribution in [0.5, 0.6) is 0 Å². The molecule has 0 aromatic rings. The fourth-order valence-electron chi connectivity index (χ4n) is 2.28. The quantitative estimate of drug-likeness (QED) is 0.754. The Morgan fingerprint density at radius 2 is 2.29 bits per heavy atom. The van der Waals surface area contributed by atoms with E-state index in [1.54, 1.807) is 0 Å². The highest BCUT2D eigenvalue weighted by Crippen LogP contribution is 2.16. The Kier molecular flexibility index (Phi) is 5.90. The first-order valence-electron chi connectivity index (χ1n) is 5.78. The number of thioether (sulfide) groups is 1. The summed E-state index contributed by atoms with van der Waals surface area (Å²) in [7, 11) is 0. The van der Waals surface area contributed by atoms with Crippen molar-refractivity contribution in [1.82, 2.24) is 10.2 Å². The van der Waals surface area contributed by atoms with Crippen molar-refractivity contribution < 1.29 is 0 Å². The van der Waals surface area contributed by atoms with E-state index in [2.05, 4.69) is 30.3 Å². The lowest BCUT2D eigenvalue weighted by atomic mass is 10.1. The predicted molar refractivity (Wildman–Crippen MR) is 66.1 cm³/mol. The molecule has 2 atom stereocenters. The molecule has 0 spiro atoms. The van der Waals surface area contributed by atoms with Gasteiger partial charge in [-0.15, -0.1) is 0 Å². The van der Waals surface area contributed by atoms with E-state index in [1.165, 1.54) is 38.2 Å². The van der Waals surface area contributed by atoms with Crippen molar-refractivity contribution in [3.63, 3.8) is 0 Å². The summed E-state index contributed by atoms with van der Waals surface area (Å²) in [5, 5.41) is 3.49. The monoisotopic (exact) mass is 216 g/mol. The Bertz CT molecular complexity index is 152. The molecular formula is C11H24N2S. The highest BCUT2D eigenvalue weighted by atomic mass is 32.2. The van der Waals surface area contributed by atoms with Gasteiger partial charge in [-0.05, 0) is 19.1 Å². The fraction of sp³-hybridized carbons (Fsp3) is 1.00. The number of hydrogen-bond acceptors (Lipinski definition) is 3. The molecule has 0 radical (unpaired) electrons. The minimum atomic E-state index is 0.765. The number of piperazine rings is 1. The average Bonchev–Trinajstić information content (AvgIpc) is 2.26. The molecule has 1 saturated heterocycles. The summed E-state index contributed by atoms with van der Waals surface area (Å²) in [5.74, 6) is 1.28. The molecule has 1 fully saturated rings. The molecule has 0 aromatic carbocycles. The molecule has 2 nitrogen and oxygen atoms in total. The van der Waals surface area contributed by atoms with Gasteiger partial charge in [0, 0.05) is 37.5 Å². The van der Waals surface area contributed by atoms with Gasteiger partial charge in [-0.2, -0.15) is 11.8 Å². The summed E-state index contributed by atoms with van der Waals surface area (Å²) in [4.78, 5) is 2.72. The molecule has 1 heterocycles. The first-order chi connectivity index (χ1) is 6.83.